The third-order valence-electron chi connectivity index (χ3n) is 4.87. The Bertz CT molecular complexity index is 1050. The van der Waals surface area contributed by atoms with Gasteiger partial charge in [0.25, 0.3) is 0 Å². The number of hydrogen-bond acceptors (Lipinski definition) is 9. The van der Waals surface area contributed by atoms with E-state index in [9.17, 15) is 5.11 Å². The number of aliphatic hydroxyl groups is 1. The summed E-state index contributed by atoms with van der Waals surface area (Å²) in [6.45, 7) is 4.57. The van der Waals surface area contributed by atoms with Gasteiger partial charge in [-0.05, 0) is 31.5 Å². The van der Waals surface area contributed by atoms with Crippen molar-refractivity contribution in [2.75, 3.05) is 24.3 Å². The molecule has 1 aromatic carbocycles. The monoisotopic (exact) mass is 431 g/mol. The summed E-state index contributed by atoms with van der Waals surface area (Å²) in [5.74, 6) is 1.57. The molecule has 4 rings (SSSR count). The highest BCUT2D eigenvalue weighted by Gasteiger charge is 2.31. The van der Waals surface area contributed by atoms with E-state index in [1.165, 1.54) is 6.20 Å². The molecule has 4 N–H and O–H groups in total. The van der Waals surface area contributed by atoms with Gasteiger partial charge in [0, 0.05) is 12.5 Å². The number of nitrogens with zero attached hydrogens (tertiary/aromatic N) is 3. The van der Waals surface area contributed by atoms with Gasteiger partial charge in [-0.25, -0.2) is 4.98 Å². The summed E-state index contributed by atoms with van der Waals surface area (Å²) in [5, 5.41) is 18.5. The molecule has 30 heavy (non-hydrogen) atoms. The van der Waals surface area contributed by atoms with E-state index >= 15 is 0 Å². The van der Waals surface area contributed by atoms with E-state index in [0.717, 1.165) is 6.42 Å². The van der Waals surface area contributed by atoms with Crippen molar-refractivity contribution >= 4 is 29.1 Å². The Morgan fingerprint density at radius 3 is 2.90 bits per heavy atom. The lowest BCUT2D eigenvalue weighted by Gasteiger charge is -2.24. The van der Waals surface area contributed by atoms with E-state index in [0.29, 0.717) is 52.5 Å². The number of hydrogen-bond donors (Lipinski definition) is 3. The number of aromatic nitrogens is 3. The van der Waals surface area contributed by atoms with Crippen LogP contribution in [0.25, 0.3) is 0 Å². The van der Waals surface area contributed by atoms with Crippen molar-refractivity contribution < 1.29 is 19.1 Å². The molecule has 10 heteroatoms. The molecule has 3 heterocycles. The fourth-order valence-corrected chi connectivity index (χ4v) is 3.30. The molecule has 3 aromatic rings. The number of aryl methyl sites for hydroxylation is 1. The van der Waals surface area contributed by atoms with E-state index in [4.69, 9.17) is 31.3 Å². The first kappa shape index (κ1) is 20.4. The zero-order valence-corrected chi connectivity index (χ0v) is 17.3. The molecule has 0 radical (unpaired) electrons. The fourth-order valence-electron chi connectivity index (χ4n) is 3.16. The first-order valence-corrected chi connectivity index (χ1v) is 9.81. The Morgan fingerprint density at radius 1 is 1.37 bits per heavy atom. The molecule has 2 atom stereocenters. The molecule has 1 saturated heterocycles. The molecule has 9 nitrogen and oxygen atoms in total. The number of anilines is 3. The van der Waals surface area contributed by atoms with Crippen LogP contribution in [0.2, 0.25) is 5.02 Å². The minimum Gasteiger partial charge on any atom is -0.486 e. The average molecular weight is 432 g/mol. The second kappa shape index (κ2) is 8.10. The second-order valence-electron chi connectivity index (χ2n) is 7.26. The number of nitrogens with one attached hydrogen (secondary N) is 1. The quantitative estimate of drug-likeness (QED) is 0.538. The summed E-state index contributed by atoms with van der Waals surface area (Å²) < 4.78 is 16.6. The lowest BCUT2D eigenvalue weighted by Crippen LogP contribution is -2.24. The highest BCUT2D eigenvalue weighted by molar-refractivity contribution is 6.32. The molecule has 1 aliphatic rings. The van der Waals surface area contributed by atoms with Crippen molar-refractivity contribution in [2.24, 2.45) is 0 Å². The van der Waals surface area contributed by atoms with Crippen LogP contribution in [0.15, 0.2) is 35.0 Å². The Hall–Kier alpha value is -2.88. The summed E-state index contributed by atoms with van der Waals surface area (Å²) in [6, 6.07) is 6.99. The largest absolute Gasteiger partial charge is 0.486 e. The first-order valence-electron chi connectivity index (χ1n) is 9.43. The lowest BCUT2D eigenvalue weighted by molar-refractivity contribution is 0.0930. The van der Waals surface area contributed by atoms with Gasteiger partial charge in [-0.1, -0.05) is 22.8 Å². The van der Waals surface area contributed by atoms with Gasteiger partial charge in [-0.2, -0.15) is 4.98 Å². The molecular weight excluding hydrogens is 410 g/mol. The van der Waals surface area contributed by atoms with Gasteiger partial charge in [-0.3, -0.25) is 0 Å². The predicted molar refractivity (Wildman–Crippen MR) is 111 cm³/mol. The third-order valence-corrected chi connectivity index (χ3v) is 5.14. The van der Waals surface area contributed by atoms with Crippen molar-refractivity contribution in [3.05, 3.63) is 52.5 Å². The third kappa shape index (κ3) is 4.18. The molecular formula is C20H22ClN5O4. The molecule has 0 saturated carbocycles. The SMILES string of the molecule is Cc1cc(C(C)(O)c2ccc(O[C@H]3CCOC3)c(Nc3nc(N)ncc3Cl)c2)no1. The van der Waals surface area contributed by atoms with Crippen LogP contribution >= 0.6 is 11.6 Å². The zero-order valence-electron chi connectivity index (χ0n) is 16.6. The zero-order chi connectivity index (χ0) is 21.3. The maximum absolute atomic E-state index is 11.2. The van der Waals surface area contributed by atoms with Crippen LogP contribution in [0.5, 0.6) is 5.75 Å². The maximum atomic E-state index is 11.2. The summed E-state index contributed by atoms with van der Waals surface area (Å²) in [6.07, 6.45) is 2.13. The molecule has 0 amide bonds. The average Bonchev–Trinajstić information content (AvgIpc) is 3.38. The molecule has 0 aliphatic carbocycles. The maximum Gasteiger partial charge on any atom is 0.222 e. The Kier molecular flexibility index (Phi) is 5.50. The number of nitrogens with two attached hydrogens (primary N) is 1. The number of rotatable bonds is 6. The van der Waals surface area contributed by atoms with E-state index in [-0.39, 0.29) is 12.1 Å². The van der Waals surface area contributed by atoms with E-state index in [1.807, 2.05) is 0 Å². The van der Waals surface area contributed by atoms with Gasteiger partial charge in [0.1, 0.15) is 33.9 Å². The van der Waals surface area contributed by atoms with Gasteiger partial charge in [0.2, 0.25) is 5.95 Å². The highest BCUT2D eigenvalue weighted by Crippen LogP contribution is 2.37. The number of halogens is 1. The number of nitrogen functional groups attached to an aromatic ring is 1. The Balaban J connectivity index is 1.73. The van der Waals surface area contributed by atoms with Crippen molar-refractivity contribution in [1.82, 2.24) is 15.1 Å². The van der Waals surface area contributed by atoms with Gasteiger partial charge in [-0.15, -0.1) is 0 Å². The normalized spacial score (nSPS) is 18.2. The van der Waals surface area contributed by atoms with E-state index in [1.54, 1.807) is 38.1 Å². The van der Waals surface area contributed by atoms with Crippen LogP contribution in [-0.4, -0.2) is 39.5 Å². The Morgan fingerprint density at radius 2 is 2.20 bits per heavy atom. The predicted octanol–water partition coefficient (Wildman–Crippen LogP) is 3.18. The summed E-state index contributed by atoms with van der Waals surface area (Å²) in [5.41, 5.74) is 5.84. The van der Waals surface area contributed by atoms with Gasteiger partial charge < -0.3 is 30.2 Å². The number of benzene rings is 1. The van der Waals surface area contributed by atoms with E-state index in [2.05, 4.69) is 20.4 Å². The van der Waals surface area contributed by atoms with Crippen LogP contribution in [0, 0.1) is 6.92 Å². The van der Waals surface area contributed by atoms with Crippen molar-refractivity contribution in [3.63, 3.8) is 0 Å². The molecule has 158 valence electrons. The Labute approximate surface area is 178 Å². The molecule has 1 unspecified atom stereocenters. The summed E-state index contributed by atoms with van der Waals surface area (Å²) in [4.78, 5) is 8.02. The van der Waals surface area contributed by atoms with Crippen LogP contribution < -0.4 is 15.8 Å². The first-order chi connectivity index (χ1) is 14.3. The lowest BCUT2D eigenvalue weighted by atomic mass is 9.92. The van der Waals surface area contributed by atoms with Crippen LogP contribution in [-0.2, 0) is 10.3 Å². The highest BCUT2D eigenvalue weighted by atomic mass is 35.5. The number of ether oxygens (including phenoxy) is 2. The summed E-state index contributed by atoms with van der Waals surface area (Å²) in [7, 11) is 0. The minimum atomic E-state index is -1.39. The topological polar surface area (TPSA) is 129 Å². The molecule has 1 fully saturated rings. The van der Waals surface area contributed by atoms with Crippen molar-refractivity contribution in [1.29, 1.82) is 0 Å². The van der Waals surface area contributed by atoms with E-state index < -0.39 is 5.60 Å². The van der Waals surface area contributed by atoms with Crippen LogP contribution in [0.3, 0.4) is 0 Å². The minimum absolute atomic E-state index is 0.0685. The van der Waals surface area contributed by atoms with Gasteiger partial charge in [0.15, 0.2) is 5.82 Å². The molecule has 2 aromatic heterocycles. The molecule has 1 aliphatic heterocycles. The van der Waals surface area contributed by atoms with Crippen LogP contribution in [0.4, 0.5) is 17.5 Å². The summed E-state index contributed by atoms with van der Waals surface area (Å²) >= 11 is 6.22. The van der Waals surface area contributed by atoms with Gasteiger partial charge in [0.05, 0.1) is 25.1 Å². The van der Waals surface area contributed by atoms with Crippen LogP contribution in [0.1, 0.15) is 30.4 Å². The fraction of sp³-hybridized carbons (Fsp3) is 0.350. The van der Waals surface area contributed by atoms with Crippen molar-refractivity contribution in [3.8, 4) is 5.75 Å². The smallest absolute Gasteiger partial charge is 0.222 e. The molecule has 0 spiro atoms. The van der Waals surface area contributed by atoms with Gasteiger partial charge >= 0.3 is 0 Å². The molecule has 0 bridgehead atoms. The van der Waals surface area contributed by atoms with Crippen molar-refractivity contribution in [2.45, 2.75) is 32.0 Å². The standard InChI is InChI=1S/C20H22ClN5O4/c1-11-7-17(26-30-11)20(2,27)12-3-4-16(29-13-5-6-28-10-13)15(8-12)24-18-14(21)9-23-19(22)25-18/h3-4,7-9,13,27H,5-6,10H2,1-2H3,(H3,22,23,24,25)/t13-,20?/m0/s1. The second-order valence-corrected chi connectivity index (χ2v) is 7.67.